The molecule has 0 bridgehead atoms. The van der Waals surface area contributed by atoms with Gasteiger partial charge in [-0.1, -0.05) is 13.2 Å². The van der Waals surface area contributed by atoms with Gasteiger partial charge in [-0.05, 0) is 26.0 Å². The summed E-state index contributed by atoms with van der Waals surface area (Å²) < 4.78 is 32.1. The van der Waals surface area contributed by atoms with Crippen molar-refractivity contribution in [3.63, 3.8) is 0 Å². The second kappa shape index (κ2) is 11.1. The Balaban J connectivity index is 1.88. The van der Waals surface area contributed by atoms with E-state index in [0.29, 0.717) is 41.6 Å². The summed E-state index contributed by atoms with van der Waals surface area (Å²) in [5.74, 6) is 0.534. The van der Waals surface area contributed by atoms with Crippen LogP contribution in [0.4, 0.5) is 0 Å². The van der Waals surface area contributed by atoms with Crippen molar-refractivity contribution in [3.8, 4) is 17.2 Å². The van der Waals surface area contributed by atoms with Crippen LogP contribution in [0.15, 0.2) is 42.5 Å². The molecule has 1 aliphatic heterocycles. The van der Waals surface area contributed by atoms with Crippen molar-refractivity contribution in [2.45, 2.75) is 20.0 Å². The summed E-state index contributed by atoms with van der Waals surface area (Å²) in [6, 6.07) is 5.09. The van der Waals surface area contributed by atoms with Gasteiger partial charge >= 0.3 is 11.9 Å². The van der Waals surface area contributed by atoms with Crippen LogP contribution in [0.2, 0.25) is 0 Å². The zero-order chi connectivity index (χ0) is 21.2. The largest absolute Gasteiger partial charge is 0.490 e. The second-order valence-corrected chi connectivity index (χ2v) is 6.40. The first kappa shape index (κ1) is 22.3. The van der Waals surface area contributed by atoms with E-state index in [1.807, 2.05) is 0 Å². The lowest BCUT2D eigenvalue weighted by molar-refractivity contribution is -0.140. The van der Waals surface area contributed by atoms with Crippen molar-refractivity contribution >= 4 is 11.9 Å². The first-order chi connectivity index (χ1) is 13.9. The number of carbonyl (C=O) groups is 2. The number of hydrogen-bond acceptors (Lipinski definition) is 8. The van der Waals surface area contributed by atoms with Crippen LogP contribution in [0.5, 0.6) is 17.2 Å². The number of epoxide rings is 1. The molecule has 1 fully saturated rings. The summed E-state index contributed by atoms with van der Waals surface area (Å²) in [5, 5.41) is 0. The molecule has 1 heterocycles. The molecule has 1 aliphatic rings. The summed E-state index contributed by atoms with van der Waals surface area (Å²) in [6.07, 6.45) is 0.0956. The molecule has 0 N–H and O–H groups in total. The monoisotopic (exact) mass is 406 g/mol. The first-order valence-corrected chi connectivity index (χ1v) is 9.16. The highest BCUT2D eigenvalue weighted by Crippen LogP contribution is 2.32. The Bertz CT molecular complexity index is 751. The number of esters is 2. The molecule has 0 aromatic heterocycles. The van der Waals surface area contributed by atoms with E-state index in [2.05, 4.69) is 13.2 Å². The summed E-state index contributed by atoms with van der Waals surface area (Å²) in [4.78, 5) is 22.8. The minimum Gasteiger partial charge on any atom is -0.490 e. The molecule has 1 aromatic carbocycles. The highest BCUT2D eigenvalue weighted by Gasteiger charge is 2.24. The van der Waals surface area contributed by atoms with Crippen LogP contribution >= 0.6 is 0 Å². The third-order valence-electron chi connectivity index (χ3n) is 3.60. The zero-order valence-corrected chi connectivity index (χ0v) is 16.7. The van der Waals surface area contributed by atoms with Crippen molar-refractivity contribution in [1.29, 1.82) is 0 Å². The molecular formula is C21H26O8. The van der Waals surface area contributed by atoms with Gasteiger partial charge in [0.15, 0.2) is 11.5 Å². The minimum atomic E-state index is -0.475. The van der Waals surface area contributed by atoms with Crippen LogP contribution in [-0.2, 0) is 23.8 Å². The maximum absolute atomic E-state index is 11.4. The van der Waals surface area contributed by atoms with Gasteiger partial charge in [0.1, 0.15) is 44.9 Å². The van der Waals surface area contributed by atoms with Crippen molar-refractivity contribution in [2.75, 3.05) is 39.6 Å². The molecule has 158 valence electrons. The number of carbonyl (C=O) groups excluding carboxylic acids is 2. The Hall–Kier alpha value is -3.00. The molecule has 0 amide bonds. The number of benzene rings is 1. The Labute approximate surface area is 170 Å². The van der Waals surface area contributed by atoms with Gasteiger partial charge in [-0.25, -0.2) is 9.59 Å². The van der Waals surface area contributed by atoms with E-state index < -0.39 is 11.9 Å². The Morgan fingerprint density at radius 3 is 2.07 bits per heavy atom. The molecule has 29 heavy (non-hydrogen) atoms. The van der Waals surface area contributed by atoms with Gasteiger partial charge in [0.05, 0.1) is 6.61 Å². The second-order valence-electron chi connectivity index (χ2n) is 6.40. The molecule has 1 saturated heterocycles. The lowest BCUT2D eigenvalue weighted by Crippen LogP contribution is -2.14. The summed E-state index contributed by atoms with van der Waals surface area (Å²) in [5.41, 5.74) is 0.649. The molecule has 2 rings (SSSR count). The topological polar surface area (TPSA) is 92.8 Å². The molecule has 0 spiro atoms. The van der Waals surface area contributed by atoms with Gasteiger partial charge in [-0.3, -0.25) is 0 Å². The van der Waals surface area contributed by atoms with E-state index in [9.17, 15) is 9.59 Å². The highest BCUT2D eigenvalue weighted by atomic mass is 16.6. The summed E-state index contributed by atoms with van der Waals surface area (Å²) in [6.45, 7) is 11.7. The van der Waals surface area contributed by atoms with Crippen LogP contribution in [-0.4, -0.2) is 57.7 Å². The van der Waals surface area contributed by atoms with Crippen molar-refractivity contribution in [2.24, 2.45) is 0 Å². The molecule has 8 nitrogen and oxygen atoms in total. The first-order valence-electron chi connectivity index (χ1n) is 9.16. The number of hydrogen-bond donors (Lipinski definition) is 0. The van der Waals surface area contributed by atoms with Crippen LogP contribution in [0.1, 0.15) is 13.8 Å². The summed E-state index contributed by atoms with van der Waals surface area (Å²) >= 11 is 0. The fourth-order valence-electron chi connectivity index (χ4n) is 1.98. The van der Waals surface area contributed by atoms with Crippen molar-refractivity contribution < 1.29 is 38.0 Å². The smallest absolute Gasteiger partial charge is 0.333 e. The highest BCUT2D eigenvalue weighted by molar-refractivity contribution is 5.87. The van der Waals surface area contributed by atoms with E-state index in [4.69, 9.17) is 28.4 Å². The molecule has 1 atom stereocenters. The number of rotatable bonds is 13. The Morgan fingerprint density at radius 2 is 1.52 bits per heavy atom. The lowest BCUT2D eigenvalue weighted by Gasteiger charge is -2.14. The molecule has 1 aromatic rings. The van der Waals surface area contributed by atoms with Crippen LogP contribution < -0.4 is 14.2 Å². The van der Waals surface area contributed by atoms with Crippen molar-refractivity contribution in [3.05, 3.63) is 42.5 Å². The molecule has 0 radical (unpaired) electrons. The molecule has 0 aliphatic carbocycles. The maximum atomic E-state index is 11.4. The van der Waals surface area contributed by atoms with Gasteiger partial charge in [0, 0.05) is 17.2 Å². The predicted molar refractivity (Wildman–Crippen MR) is 104 cm³/mol. The minimum absolute atomic E-state index is 0.0683. The SMILES string of the molecule is C=C(C)C(=O)OCCOc1ccc(OCC2CO2)c(OCCOC(=O)C(=C)C)c1. The van der Waals surface area contributed by atoms with Crippen LogP contribution in [0.25, 0.3) is 0 Å². The third kappa shape index (κ3) is 8.27. The molecular weight excluding hydrogens is 380 g/mol. The van der Waals surface area contributed by atoms with E-state index >= 15 is 0 Å². The third-order valence-corrected chi connectivity index (χ3v) is 3.60. The lowest BCUT2D eigenvalue weighted by atomic mass is 10.3. The normalized spacial score (nSPS) is 14.5. The Morgan fingerprint density at radius 1 is 0.931 bits per heavy atom. The van der Waals surface area contributed by atoms with E-state index in [0.717, 1.165) is 0 Å². The van der Waals surface area contributed by atoms with E-state index in [1.165, 1.54) is 0 Å². The molecule has 0 saturated carbocycles. The Kier molecular flexibility index (Phi) is 8.54. The van der Waals surface area contributed by atoms with Crippen molar-refractivity contribution in [1.82, 2.24) is 0 Å². The standard InChI is InChI=1S/C21H26O8/c1-14(2)20(22)26-9-7-24-16-5-6-18(29-13-17-12-28-17)19(11-16)25-8-10-27-21(23)15(3)4/h5-6,11,17H,1,3,7-10,12-13H2,2,4H3. The van der Waals surface area contributed by atoms with Gasteiger partial charge in [0.2, 0.25) is 0 Å². The fraction of sp³-hybridized carbons (Fsp3) is 0.429. The average Bonchev–Trinajstić information content (AvgIpc) is 3.51. The summed E-state index contributed by atoms with van der Waals surface area (Å²) in [7, 11) is 0. The van der Waals surface area contributed by atoms with E-state index in [-0.39, 0.29) is 32.5 Å². The van der Waals surface area contributed by atoms with Gasteiger partial charge in [-0.15, -0.1) is 0 Å². The zero-order valence-electron chi connectivity index (χ0n) is 16.7. The molecule has 8 heteroatoms. The maximum Gasteiger partial charge on any atom is 0.333 e. The van der Waals surface area contributed by atoms with Gasteiger partial charge < -0.3 is 28.4 Å². The van der Waals surface area contributed by atoms with E-state index in [1.54, 1.807) is 32.0 Å². The van der Waals surface area contributed by atoms with Crippen LogP contribution in [0, 0.1) is 0 Å². The predicted octanol–water partition coefficient (Wildman–Crippen LogP) is 2.46. The van der Waals surface area contributed by atoms with Gasteiger partial charge in [-0.2, -0.15) is 0 Å². The molecule has 1 unspecified atom stereocenters. The quantitative estimate of drug-likeness (QED) is 0.213. The van der Waals surface area contributed by atoms with Crippen LogP contribution in [0.3, 0.4) is 0 Å². The van der Waals surface area contributed by atoms with Gasteiger partial charge in [0.25, 0.3) is 0 Å². The number of ether oxygens (including phenoxy) is 6. The average molecular weight is 406 g/mol. The fourth-order valence-corrected chi connectivity index (χ4v) is 1.98.